The van der Waals surface area contributed by atoms with Crippen LogP contribution in [-0.4, -0.2) is 38.0 Å². The number of anilines is 2. The molecule has 158 valence electrons. The van der Waals surface area contributed by atoms with Crippen LogP contribution in [0.5, 0.6) is 5.75 Å². The second-order valence-electron chi connectivity index (χ2n) is 6.75. The van der Waals surface area contributed by atoms with Crippen LogP contribution in [0.1, 0.15) is 18.4 Å². The average Bonchev–Trinajstić information content (AvgIpc) is 3.17. The lowest BCUT2D eigenvalue weighted by atomic mass is 10.2. The fourth-order valence-corrected chi connectivity index (χ4v) is 3.09. The van der Waals surface area contributed by atoms with Crippen molar-refractivity contribution in [3.05, 3.63) is 53.8 Å². The molecular weight excluding hydrogens is 391 g/mol. The molecule has 1 aliphatic rings. The first-order chi connectivity index (χ1) is 14.5. The summed E-state index contributed by atoms with van der Waals surface area (Å²) in [7, 11) is 1.50. The van der Waals surface area contributed by atoms with E-state index in [1.807, 2.05) is 0 Å². The Balaban J connectivity index is 1.48. The van der Waals surface area contributed by atoms with Gasteiger partial charge in [0, 0.05) is 31.3 Å². The number of nitrogens with one attached hydrogen (secondary N) is 3. The number of urea groups is 1. The van der Waals surface area contributed by atoms with Gasteiger partial charge >= 0.3 is 6.03 Å². The molecule has 0 bridgehead atoms. The summed E-state index contributed by atoms with van der Waals surface area (Å²) >= 11 is 0. The fraction of sp³-hybridized carbons (Fsp3) is 0.286. The quantitative estimate of drug-likeness (QED) is 0.648. The van der Waals surface area contributed by atoms with Crippen LogP contribution in [0.25, 0.3) is 0 Å². The minimum atomic E-state index is -0.519. The molecule has 0 saturated carbocycles. The van der Waals surface area contributed by atoms with Crippen LogP contribution >= 0.6 is 0 Å². The lowest BCUT2D eigenvalue weighted by Gasteiger charge is -2.19. The molecule has 8 nitrogen and oxygen atoms in total. The van der Waals surface area contributed by atoms with E-state index in [0.29, 0.717) is 30.1 Å². The molecule has 0 unspecified atom stereocenters. The number of methoxy groups -OCH3 is 1. The third kappa shape index (κ3) is 5.47. The highest BCUT2D eigenvalue weighted by molar-refractivity contribution is 5.98. The monoisotopic (exact) mass is 414 g/mol. The van der Waals surface area contributed by atoms with Crippen molar-refractivity contribution in [2.75, 3.05) is 30.4 Å². The van der Waals surface area contributed by atoms with Crippen LogP contribution in [0.15, 0.2) is 42.5 Å². The molecule has 0 atom stereocenters. The largest absolute Gasteiger partial charge is 0.494 e. The molecular formula is C21H23FN4O4. The van der Waals surface area contributed by atoms with Gasteiger partial charge < -0.3 is 25.6 Å². The van der Waals surface area contributed by atoms with Crippen LogP contribution in [0, 0.1) is 5.82 Å². The summed E-state index contributed by atoms with van der Waals surface area (Å²) in [6.45, 7) is 0.614. The predicted octanol–water partition coefficient (Wildman–Crippen LogP) is 2.40. The third-order valence-corrected chi connectivity index (χ3v) is 4.60. The second-order valence-corrected chi connectivity index (χ2v) is 6.75. The summed E-state index contributed by atoms with van der Waals surface area (Å²) in [5, 5.41) is 7.72. The topological polar surface area (TPSA) is 99.8 Å². The van der Waals surface area contributed by atoms with Crippen LogP contribution in [-0.2, 0) is 16.1 Å². The molecule has 1 heterocycles. The Labute approximate surface area is 173 Å². The zero-order valence-electron chi connectivity index (χ0n) is 16.5. The van der Waals surface area contributed by atoms with Crippen LogP contribution in [0.2, 0.25) is 0 Å². The minimum Gasteiger partial charge on any atom is -0.494 e. The van der Waals surface area contributed by atoms with Crippen molar-refractivity contribution in [3.63, 3.8) is 0 Å². The Bertz CT molecular complexity index is 933. The normalized spacial score (nSPS) is 13.1. The number of ether oxygens (including phenoxy) is 1. The van der Waals surface area contributed by atoms with Crippen molar-refractivity contribution in [2.24, 2.45) is 0 Å². The highest BCUT2D eigenvalue weighted by atomic mass is 19.1. The van der Waals surface area contributed by atoms with E-state index in [2.05, 4.69) is 16.0 Å². The molecule has 1 aliphatic heterocycles. The lowest BCUT2D eigenvalue weighted by Crippen LogP contribution is -2.39. The highest BCUT2D eigenvalue weighted by Gasteiger charge is 2.24. The van der Waals surface area contributed by atoms with E-state index in [1.165, 1.54) is 19.2 Å². The first-order valence-corrected chi connectivity index (χ1v) is 9.50. The molecule has 0 aliphatic carbocycles. The number of halogens is 1. The first kappa shape index (κ1) is 21.1. The highest BCUT2D eigenvalue weighted by Crippen LogP contribution is 2.33. The lowest BCUT2D eigenvalue weighted by molar-refractivity contribution is -0.117. The average molecular weight is 414 g/mol. The maximum atomic E-state index is 12.9. The predicted molar refractivity (Wildman–Crippen MR) is 110 cm³/mol. The molecule has 2 aromatic rings. The summed E-state index contributed by atoms with van der Waals surface area (Å²) in [6.07, 6.45) is 1.31. The van der Waals surface area contributed by atoms with Crippen LogP contribution in [0.4, 0.5) is 20.6 Å². The SMILES string of the molecule is COc1cc(NC(=O)CNC(=O)NCc2ccc(F)cc2)ccc1N1CCCC1=O. The Kier molecular flexibility index (Phi) is 6.84. The van der Waals surface area contributed by atoms with Gasteiger partial charge in [0.2, 0.25) is 11.8 Å². The van der Waals surface area contributed by atoms with Crippen molar-refractivity contribution in [1.29, 1.82) is 0 Å². The molecule has 3 rings (SSSR count). The fourth-order valence-electron chi connectivity index (χ4n) is 3.09. The summed E-state index contributed by atoms with van der Waals surface area (Å²) in [4.78, 5) is 37.6. The Morgan fingerprint density at radius 3 is 2.57 bits per heavy atom. The van der Waals surface area contributed by atoms with Crippen LogP contribution < -0.4 is 25.6 Å². The van der Waals surface area contributed by atoms with E-state index in [-0.39, 0.29) is 24.8 Å². The molecule has 1 saturated heterocycles. The Morgan fingerprint density at radius 2 is 1.90 bits per heavy atom. The van der Waals surface area contributed by atoms with Gasteiger partial charge in [0.25, 0.3) is 0 Å². The number of rotatable bonds is 7. The van der Waals surface area contributed by atoms with Crippen molar-refractivity contribution in [3.8, 4) is 5.75 Å². The summed E-state index contributed by atoms with van der Waals surface area (Å²) in [6, 6.07) is 10.3. The molecule has 2 aromatic carbocycles. The standard InChI is InChI=1S/C21H23FN4O4/c1-30-18-11-16(8-9-17(18)26-10-2-3-20(26)28)25-19(27)13-24-21(29)23-12-14-4-6-15(22)7-5-14/h4-9,11H,2-3,10,12-13H2,1H3,(H,25,27)(H2,23,24,29). The Hall–Kier alpha value is -3.62. The minimum absolute atomic E-state index is 0.0425. The van der Waals surface area contributed by atoms with Gasteiger partial charge in [-0.2, -0.15) is 0 Å². The summed E-state index contributed by atoms with van der Waals surface area (Å²) < 4.78 is 18.2. The maximum absolute atomic E-state index is 12.9. The van der Waals surface area contributed by atoms with E-state index in [1.54, 1.807) is 35.2 Å². The second kappa shape index (κ2) is 9.73. The molecule has 9 heteroatoms. The third-order valence-electron chi connectivity index (χ3n) is 4.60. The number of benzene rings is 2. The number of hydrogen-bond acceptors (Lipinski definition) is 4. The Morgan fingerprint density at radius 1 is 1.13 bits per heavy atom. The number of carbonyl (C=O) groups excluding carboxylic acids is 3. The molecule has 0 aromatic heterocycles. The van der Waals surface area contributed by atoms with Gasteiger partial charge in [-0.1, -0.05) is 12.1 Å². The smallest absolute Gasteiger partial charge is 0.315 e. The van der Waals surface area contributed by atoms with Gasteiger partial charge in [0.1, 0.15) is 11.6 Å². The van der Waals surface area contributed by atoms with Crippen LogP contribution in [0.3, 0.4) is 0 Å². The van der Waals surface area contributed by atoms with E-state index in [0.717, 1.165) is 12.0 Å². The van der Waals surface area contributed by atoms with E-state index < -0.39 is 11.9 Å². The molecule has 0 radical (unpaired) electrons. The number of nitrogens with zero attached hydrogens (tertiary/aromatic N) is 1. The number of hydrogen-bond donors (Lipinski definition) is 3. The summed E-state index contributed by atoms with van der Waals surface area (Å²) in [5.41, 5.74) is 1.89. The van der Waals surface area contributed by atoms with Gasteiger partial charge in [0.05, 0.1) is 19.3 Å². The summed E-state index contributed by atoms with van der Waals surface area (Å²) in [5.74, 6) is -0.246. The molecule has 0 spiro atoms. The first-order valence-electron chi connectivity index (χ1n) is 9.50. The van der Waals surface area contributed by atoms with E-state index >= 15 is 0 Å². The maximum Gasteiger partial charge on any atom is 0.315 e. The molecule has 4 amide bonds. The van der Waals surface area contributed by atoms with Gasteiger partial charge in [-0.3, -0.25) is 9.59 Å². The van der Waals surface area contributed by atoms with Gasteiger partial charge in [-0.15, -0.1) is 0 Å². The van der Waals surface area contributed by atoms with Gasteiger partial charge in [-0.05, 0) is 36.2 Å². The zero-order chi connectivity index (χ0) is 21.5. The zero-order valence-corrected chi connectivity index (χ0v) is 16.5. The molecule has 3 N–H and O–H groups in total. The van der Waals surface area contributed by atoms with Crippen molar-refractivity contribution >= 4 is 29.2 Å². The number of amides is 4. The van der Waals surface area contributed by atoms with Crippen molar-refractivity contribution < 1.29 is 23.5 Å². The molecule has 30 heavy (non-hydrogen) atoms. The van der Waals surface area contributed by atoms with Crippen molar-refractivity contribution in [2.45, 2.75) is 19.4 Å². The number of carbonyl (C=O) groups is 3. The van der Waals surface area contributed by atoms with E-state index in [9.17, 15) is 18.8 Å². The van der Waals surface area contributed by atoms with Crippen molar-refractivity contribution in [1.82, 2.24) is 10.6 Å². The van der Waals surface area contributed by atoms with Gasteiger partial charge in [-0.25, -0.2) is 9.18 Å². The molecule has 1 fully saturated rings. The van der Waals surface area contributed by atoms with E-state index in [4.69, 9.17) is 4.74 Å². The van der Waals surface area contributed by atoms with Gasteiger partial charge in [0.15, 0.2) is 0 Å².